The number of thioether (sulfide) groups is 1. The van der Waals surface area contributed by atoms with E-state index in [0.29, 0.717) is 12.4 Å². The summed E-state index contributed by atoms with van der Waals surface area (Å²) in [6.07, 6.45) is 1.91. The molecule has 1 N–H and O–H groups in total. The minimum Gasteiger partial charge on any atom is -0.492 e. The van der Waals surface area contributed by atoms with Crippen molar-refractivity contribution in [1.29, 1.82) is 0 Å². The fourth-order valence-corrected chi connectivity index (χ4v) is 6.00. The molecule has 3 aromatic carbocycles. The number of hydrogen-bond donors (Lipinski definition) is 1. The highest BCUT2D eigenvalue weighted by Gasteiger charge is 2.34. The van der Waals surface area contributed by atoms with Crippen LogP contribution in [0, 0.1) is 0 Å². The van der Waals surface area contributed by atoms with Crippen molar-refractivity contribution in [1.82, 2.24) is 10.2 Å². The van der Waals surface area contributed by atoms with Crippen LogP contribution in [0.1, 0.15) is 40.2 Å². The van der Waals surface area contributed by atoms with E-state index >= 15 is 0 Å². The highest BCUT2D eigenvalue weighted by atomic mass is 32.2. The van der Waals surface area contributed by atoms with Crippen molar-refractivity contribution in [2.75, 3.05) is 23.7 Å². The Morgan fingerprint density at radius 2 is 1.56 bits per heavy atom. The van der Waals surface area contributed by atoms with Gasteiger partial charge in [0.25, 0.3) is 10.0 Å². The van der Waals surface area contributed by atoms with E-state index in [2.05, 4.69) is 5.32 Å². The highest BCUT2D eigenvalue weighted by molar-refractivity contribution is 7.98. The quantitative estimate of drug-likeness (QED) is 0.284. The SMILES string of the molecule is CCOc1ccccc1N(CC(=O)N(Cc1ccccc1)C(C)C(=O)NC(C)(C)C)S(=O)(=O)c1ccc(SC)cc1. The van der Waals surface area contributed by atoms with E-state index in [0.717, 1.165) is 14.8 Å². The van der Waals surface area contributed by atoms with Gasteiger partial charge < -0.3 is 15.0 Å². The number of ether oxygens (including phenoxy) is 1. The van der Waals surface area contributed by atoms with Crippen LogP contribution < -0.4 is 14.4 Å². The normalized spacial score (nSPS) is 12.3. The molecule has 3 aromatic rings. The Bertz CT molecular complexity index is 1420. The second-order valence-corrected chi connectivity index (χ2v) is 13.3. The van der Waals surface area contributed by atoms with Crippen LogP contribution in [0.5, 0.6) is 5.75 Å². The van der Waals surface area contributed by atoms with Crippen LogP contribution >= 0.6 is 11.8 Å². The lowest BCUT2D eigenvalue weighted by molar-refractivity contribution is -0.140. The Balaban J connectivity index is 2.08. The third-order valence-electron chi connectivity index (χ3n) is 6.22. The molecule has 0 radical (unpaired) electrons. The lowest BCUT2D eigenvalue weighted by atomic mass is 10.1. The predicted octanol–water partition coefficient (Wildman–Crippen LogP) is 5.33. The van der Waals surface area contributed by atoms with Gasteiger partial charge in [-0.25, -0.2) is 8.42 Å². The molecule has 3 rings (SSSR count). The molecule has 0 aliphatic heterocycles. The van der Waals surface area contributed by atoms with Gasteiger partial charge in [-0.15, -0.1) is 11.8 Å². The average Bonchev–Trinajstić information content (AvgIpc) is 2.94. The molecule has 0 saturated heterocycles. The summed E-state index contributed by atoms with van der Waals surface area (Å²) in [4.78, 5) is 29.7. The molecule has 0 fully saturated rings. The second kappa shape index (κ2) is 13.9. The number of benzene rings is 3. The lowest BCUT2D eigenvalue weighted by Gasteiger charge is -2.33. The predicted molar refractivity (Wildman–Crippen MR) is 165 cm³/mol. The van der Waals surface area contributed by atoms with Gasteiger partial charge in [-0.2, -0.15) is 0 Å². The maximum atomic E-state index is 14.1. The van der Waals surface area contributed by atoms with Crippen LogP contribution in [0.15, 0.2) is 88.7 Å². The molecule has 1 atom stereocenters. The number of sulfonamides is 1. The molecule has 0 aliphatic carbocycles. The molecular formula is C31H39N3O5S2. The van der Waals surface area contributed by atoms with Gasteiger partial charge in [-0.05, 0) is 82.8 Å². The van der Waals surface area contributed by atoms with E-state index in [1.54, 1.807) is 50.2 Å². The number of carbonyl (C=O) groups is 2. The van der Waals surface area contributed by atoms with E-state index < -0.39 is 34.1 Å². The number of rotatable bonds is 12. The van der Waals surface area contributed by atoms with Gasteiger partial charge in [0.15, 0.2) is 0 Å². The molecule has 41 heavy (non-hydrogen) atoms. The van der Waals surface area contributed by atoms with E-state index in [1.165, 1.54) is 28.8 Å². The highest BCUT2D eigenvalue weighted by Crippen LogP contribution is 2.33. The van der Waals surface area contributed by atoms with Crippen LogP contribution in [0.2, 0.25) is 0 Å². The van der Waals surface area contributed by atoms with Crippen molar-refractivity contribution in [3.05, 3.63) is 84.4 Å². The fraction of sp³-hybridized carbons (Fsp3) is 0.355. The van der Waals surface area contributed by atoms with Gasteiger partial charge in [-0.1, -0.05) is 42.5 Å². The number of para-hydroxylation sites is 2. The standard InChI is InChI=1S/C31H39N3O5S2/c1-7-39-28-16-12-11-15-27(28)34(41(37,38)26-19-17-25(40-6)18-20-26)22-29(35)33(21-24-13-9-8-10-14-24)23(2)30(36)32-31(3,4)5/h8-20,23H,7,21-22H2,1-6H3,(H,32,36). The van der Waals surface area contributed by atoms with Crippen molar-refractivity contribution < 1.29 is 22.7 Å². The first-order chi connectivity index (χ1) is 19.4. The van der Waals surface area contributed by atoms with E-state index in [4.69, 9.17) is 4.74 Å². The zero-order valence-corrected chi connectivity index (χ0v) is 26.1. The summed E-state index contributed by atoms with van der Waals surface area (Å²) in [5, 5.41) is 2.93. The number of nitrogens with zero attached hydrogens (tertiary/aromatic N) is 2. The van der Waals surface area contributed by atoms with Crippen LogP contribution in [-0.4, -0.2) is 56.1 Å². The Hall–Kier alpha value is -3.50. The van der Waals surface area contributed by atoms with Gasteiger partial charge >= 0.3 is 0 Å². The van der Waals surface area contributed by atoms with Crippen LogP contribution in [0.3, 0.4) is 0 Å². The Labute approximate surface area is 248 Å². The first kappa shape index (κ1) is 32.0. The van der Waals surface area contributed by atoms with E-state index in [9.17, 15) is 18.0 Å². The average molecular weight is 598 g/mol. The molecule has 1 unspecified atom stereocenters. The van der Waals surface area contributed by atoms with Gasteiger partial charge in [-0.3, -0.25) is 13.9 Å². The molecule has 0 heterocycles. The topological polar surface area (TPSA) is 96.0 Å². The van der Waals surface area contributed by atoms with Gasteiger partial charge in [0.2, 0.25) is 11.8 Å². The van der Waals surface area contributed by atoms with E-state index in [1.807, 2.05) is 57.4 Å². The van der Waals surface area contributed by atoms with E-state index in [-0.39, 0.29) is 23.0 Å². The smallest absolute Gasteiger partial charge is 0.264 e. The molecule has 2 amide bonds. The van der Waals surface area contributed by atoms with Crippen molar-refractivity contribution in [3.8, 4) is 5.75 Å². The molecule has 0 aliphatic rings. The second-order valence-electron chi connectivity index (χ2n) is 10.5. The number of nitrogens with one attached hydrogen (secondary N) is 1. The molecule has 0 bridgehead atoms. The van der Waals surface area contributed by atoms with Crippen molar-refractivity contribution in [3.63, 3.8) is 0 Å². The summed E-state index contributed by atoms with van der Waals surface area (Å²) in [5.74, 6) is -0.528. The Morgan fingerprint density at radius 3 is 2.15 bits per heavy atom. The summed E-state index contributed by atoms with van der Waals surface area (Å²) in [6.45, 7) is 8.95. The van der Waals surface area contributed by atoms with Gasteiger partial charge in [0.1, 0.15) is 18.3 Å². The maximum Gasteiger partial charge on any atom is 0.264 e. The number of carbonyl (C=O) groups excluding carboxylic acids is 2. The summed E-state index contributed by atoms with van der Waals surface area (Å²) >= 11 is 1.50. The van der Waals surface area contributed by atoms with Crippen molar-refractivity contribution in [2.45, 2.75) is 62.5 Å². The number of hydrogen-bond acceptors (Lipinski definition) is 6. The number of anilines is 1. The summed E-state index contributed by atoms with van der Waals surface area (Å²) in [5.41, 5.74) is 0.540. The lowest BCUT2D eigenvalue weighted by Crippen LogP contribution is -2.54. The van der Waals surface area contributed by atoms with Crippen LogP contribution in [-0.2, 0) is 26.2 Å². The minimum atomic E-state index is -4.20. The first-order valence-electron chi connectivity index (χ1n) is 13.4. The van der Waals surface area contributed by atoms with Crippen molar-refractivity contribution in [2.24, 2.45) is 0 Å². The third kappa shape index (κ3) is 8.50. The molecule has 0 aromatic heterocycles. The van der Waals surface area contributed by atoms with Crippen molar-refractivity contribution >= 4 is 39.3 Å². The largest absolute Gasteiger partial charge is 0.492 e. The third-order valence-corrected chi connectivity index (χ3v) is 8.74. The zero-order chi connectivity index (χ0) is 30.2. The zero-order valence-electron chi connectivity index (χ0n) is 24.5. The first-order valence-corrected chi connectivity index (χ1v) is 16.1. The molecule has 0 spiro atoms. The number of amides is 2. The Morgan fingerprint density at radius 1 is 0.951 bits per heavy atom. The molecule has 8 nitrogen and oxygen atoms in total. The summed E-state index contributed by atoms with van der Waals surface area (Å²) in [6, 6.07) is 21.7. The summed E-state index contributed by atoms with van der Waals surface area (Å²) < 4.78 is 35.1. The monoisotopic (exact) mass is 597 g/mol. The fourth-order valence-electron chi connectivity index (χ4n) is 4.17. The van der Waals surface area contributed by atoms with Gasteiger partial charge in [0, 0.05) is 17.0 Å². The molecule has 0 saturated carbocycles. The molecular weight excluding hydrogens is 558 g/mol. The van der Waals surface area contributed by atoms with Crippen LogP contribution in [0.4, 0.5) is 5.69 Å². The van der Waals surface area contributed by atoms with Gasteiger partial charge in [0.05, 0.1) is 17.2 Å². The summed E-state index contributed by atoms with van der Waals surface area (Å²) in [7, 11) is -4.20. The molecule has 220 valence electrons. The van der Waals surface area contributed by atoms with Crippen LogP contribution in [0.25, 0.3) is 0 Å². The Kier molecular flexibility index (Phi) is 10.9. The maximum absolute atomic E-state index is 14.1. The molecule has 10 heteroatoms. The minimum absolute atomic E-state index is 0.0440.